The Morgan fingerprint density at radius 1 is 0.429 bits per heavy atom. The molecule has 188 valence electrons. The molecule has 0 saturated heterocycles. The third-order valence-corrected chi connectivity index (χ3v) is 6.12. The maximum Gasteiger partial charge on any atom is 0.131 e. The highest BCUT2D eigenvalue weighted by molar-refractivity contribution is 5.48. The molecule has 35 heavy (non-hydrogen) atoms. The highest BCUT2D eigenvalue weighted by Gasteiger charge is 2.20. The molecule has 0 aliphatic rings. The second kappa shape index (κ2) is 9.60. The molecule has 3 rings (SSSR count). The van der Waals surface area contributed by atoms with Crippen molar-refractivity contribution in [3.63, 3.8) is 0 Å². The maximum atomic E-state index is 6.43. The number of methoxy groups -OCH3 is 1. The van der Waals surface area contributed by atoms with Crippen LogP contribution >= 0.6 is 0 Å². The van der Waals surface area contributed by atoms with Gasteiger partial charge in [0.2, 0.25) is 0 Å². The smallest absolute Gasteiger partial charge is 0.131 e. The van der Waals surface area contributed by atoms with Crippen molar-refractivity contribution < 1.29 is 14.2 Å². The molecule has 0 bridgehead atoms. The van der Waals surface area contributed by atoms with E-state index < -0.39 is 0 Å². The molecule has 0 amide bonds. The van der Waals surface area contributed by atoms with Gasteiger partial charge in [0, 0.05) is 12.1 Å². The lowest BCUT2D eigenvalue weighted by atomic mass is 9.86. The molecular weight excluding hydrogens is 432 g/mol. The van der Waals surface area contributed by atoms with Crippen molar-refractivity contribution in [1.29, 1.82) is 0 Å². The molecule has 0 heterocycles. The Kier molecular flexibility index (Phi) is 7.32. The summed E-state index contributed by atoms with van der Waals surface area (Å²) in [6.07, 6.45) is 0. The van der Waals surface area contributed by atoms with Gasteiger partial charge in [0.25, 0.3) is 0 Å². The van der Waals surface area contributed by atoms with Gasteiger partial charge >= 0.3 is 0 Å². The van der Waals surface area contributed by atoms with E-state index in [9.17, 15) is 0 Å². The Labute approximate surface area is 212 Å². The summed E-state index contributed by atoms with van der Waals surface area (Å²) in [5, 5.41) is 0. The molecule has 0 unspecified atom stereocenters. The summed E-state index contributed by atoms with van der Waals surface area (Å²) in [4.78, 5) is 0. The summed E-state index contributed by atoms with van der Waals surface area (Å²) in [7, 11) is 1.69. The second-order valence-electron chi connectivity index (χ2n) is 12.6. The van der Waals surface area contributed by atoms with Crippen LogP contribution in [0.3, 0.4) is 0 Å². The van der Waals surface area contributed by atoms with Gasteiger partial charge in [-0.15, -0.1) is 0 Å². The van der Waals surface area contributed by atoms with E-state index in [0.717, 1.165) is 39.9 Å². The summed E-state index contributed by atoms with van der Waals surface area (Å²) < 4.78 is 18.4. The average Bonchev–Trinajstić information content (AvgIpc) is 2.71. The topological polar surface area (TPSA) is 27.7 Å². The number of ether oxygens (including phenoxy) is 3. The second-order valence-corrected chi connectivity index (χ2v) is 12.6. The zero-order valence-electron chi connectivity index (χ0n) is 23.4. The lowest BCUT2D eigenvalue weighted by molar-refractivity contribution is 0.405. The van der Waals surface area contributed by atoms with Gasteiger partial charge in [0.1, 0.15) is 28.7 Å². The summed E-state index contributed by atoms with van der Waals surface area (Å²) in [6, 6.07) is 18.7. The van der Waals surface area contributed by atoms with Gasteiger partial charge in [-0.2, -0.15) is 0 Å². The van der Waals surface area contributed by atoms with Crippen molar-refractivity contribution in [2.24, 2.45) is 0 Å². The van der Waals surface area contributed by atoms with Crippen molar-refractivity contribution in [2.75, 3.05) is 7.11 Å². The van der Waals surface area contributed by atoms with E-state index in [1.165, 1.54) is 11.1 Å². The van der Waals surface area contributed by atoms with Crippen LogP contribution < -0.4 is 14.2 Å². The molecule has 0 radical (unpaired) electrons. The summed E-state index contributed by atoms with van der Waals surface area (Å²) >= 11 is 0. The van der Waals surface area contributed by atoms with Gasteiger partial charge in [-0.05, 0) is 81.8 Å². The lowest BCUT2D eigenvalue weighted by Gasteiger charge is -2.23. The minimum absolute atomic E-state index is 0.0237. The molecule has 3 aromatic rings. The van der Waals surface area contributed by atoms with E-state index in [1.807, 2.05) is 12.1 Å². The van der Waals surface area contributed by atoms with Crippen molar-refractivity contribution in [3.8, 4) is 28.7 Å². The zero-order chi connectivity index (χ0) is 26.2. The molecule has 0 atom stereocenters. The zero-order valence-corrected chi connectivity index (χ0v) is 23.4. The molecular formula is C32H42O3. The summed E-state index contributed by atoms with van der Waals surface area (Å²) in [5.41, 5.74) is 4.69. The van der Waals surface area contributed by atoms with Crippen LogP contribution in [0.4, 0.5) is 0 Å². The average molecular weight is 475 g/mol. The Hall–Kier alpha value is -2.94. The third kappa shape index (κ3) is 7.04. The third-order valence-electron chi connectivity index (χ3n) is 6.12. The van der Waals surface area contributed by atoms with E-state index in [4.69, 9.17) is 14.2 Å². The van der Waals surface area contributed by atoms with E-state index in [1.54, 1.807) is 7.11 Å². The highest BCUT2D eigenvalue weighted by Crippen LogP contribution is 2.38. The van der Waals surface area contributed by atoms with Crippen LogP contribution in [0, 0.1) is 6.92 Å². The molecule has 0 saturated carbocycles. The van der Waals surface area contributed by atoms with Crippen molar-refractivity contribution in [3.05, 3.63) is 76.9 Å². The fourth-order valence-electron chi connectivity index (χ4n) is 3.82. The quantitative estimate of drug-likeness (QED) is 0.368. The van der Waals surface area contributed by atoms with Crippen LogP contribution in [0.25, 0.3) is 0 Å². The largest absolute Gasteiger partial charge is 0.497 e. The van der Waals surface area contributed by atoms with Crippen LogP contribution in [0.1, 0.15) is 84.6 Å². The normalized spacial score (nSPS) is 12.4. The number of benzene rings is 3. The van der Waals surface area contributed by atoms with E-state index in [-0.39, 0.29) is 16.2 Å². The SMILES string of the molecule is COc1cc(Oc2cc(Oc3cc(C)cc(C(C)(C)C)c3)cc(C(C)(C)C)c2)cc(C(C)(C)C)c1. The Morgan fingerprint density at radius 3 is 1.11 bits per heavy atom. The Bertz CT molecular complexity index is 1180. The van der Waals surface area contributed by atoms with E-state index >= 15 is 0 Å². The molecule has 0 aromatic heterocycles. The molecule has 3 nitrogen and oxygen atoms in total. The number of hydrogen-bond donors (Lipinski definition) is 0. The Balaban J connectivity index is 2.04. The fourth-order valence-corrected chi connectivity index (χ4v) is 3.82. The van der Waals surface area contributed by atoms with Crippen LogP contribution in [0.5, 0.6) is 28.7 Å². The van der Waals surface area contributed by atoms with Crippen molar-refractivity contribution in [2.45, 2.75) is 85.5 Å². The highest BCUT2D eigenvalue weighted by atomic mass is 16.5. The van der Waals surface area contributed by atoms with Crippen LogP contribution in [-0.4, -0.2) is 7.11 Å². The number of hydrogen-bond acceptors (Lipinski definition) is 3. The van der Waals surface area contributed by atoms with E-state index in [2.05, 4.69) is 112 Å². The Morgan fingerprint density at radius 2 is 0.743 bits per heavy atom. The molecule has 0 N–H and O–H groups in total. The molecule has 3 aromatic carbocycles. The van der Waals surface area contributed by atoms with Gasteiger partial charge in [0.05, 0.1) is 7.11 Å². The van der Waals surface area contributed by atoms with Crippen LogP contribution in [-0.2, 0) is 16.2 Å². The van der Waals surface area contributed by atoms with Gasteiger partial charge in [-0.1, -0.05) is 68.4 Å². The first kappa shape index (κ1) is 26.7. The molecule has 3 heteroatoms. The summed E-state index contributed by atoms with van der Waals surface area (Å²) in [5.74, 6) is 3.87. The minimum Gasteiger partial charge on any atom is -0.497 e. The standard InChI is InChI=1S/C32H42O3/c1-21-12-22(30(2,3)4)15-26(13-21)34-28-17-24(32(8,9)10)18-29(20-28)35-27-16-23(31(5,6)7)14-25(19-27)33-11/h12-20H,1-11H3. The molecule has 0 fully saturated rings. The first-order valence-electron chi connectivity index (χ1n) is 12.4. The van der Waals surface area contributed by atoms with E-state index in [0.29, 0.717) is 0 Å². The minimum atomic E-state index is -0.0639. The first-order chi connectivity index (χ1) is 16.0. The number of aryl methyl sites for hydroxylation is 1. The predicted molar refractivity (Wildman–Crippen MR) is 147 cm³/mol. The molecule has 0 aliphatic heterocycles. The van der Waals surface area contributed by atoms with Gasteiger partial charge in [-0.3, -0.25) is 0 Å². The number of rotatable bonds is 5. The van der Waals surface area contributed by atoms with Crippen molar-refractivity contribution >= 4 is 0 Å². The maximum absolute atomic E-state index is 6.43. The van der Waals surface area contributed by atoms with Crippen LogP contribution in [0.2, 0.25) is 0 Å². The molecule has 0 aliphatic carbocycles. The van der Waals surface area contributed by atoms with Gasteiger partial charge in [-0.25, -0.2) is 0 Å². The molecule has 0 spiro atoms. The van der Waals surface area contributed by atoms with Gasteiger partial charge < -0.3 is 14.2 Å². The van der Waals surface area contributed by atoms with Gasteiger partial charge in [0.15, 0.2) is 0 Å². The predicted octanol–water partition coefficient (Wildman–Crippen LogP) is 9.48. The summed E-state index contributed by atoms with van der Waals surface area (Å²) in [6.45, 7) is 21.9. The van der Waals surface area contributed by atoms with Crippen molar-refractivity contribution in [1.82, 2.24) is 0 Å². The monoisotopic (exact) mass is 474 g/mol. The van der Waals surface area contributed by atoms with Crippen LogP contribution in [0.15, 0.2) is 54.6 Å². The first-order valence-corrected chi connectivity index (χ1v) is 12.4. The lowest BCUT2D eigenvalue weighted by Crippen LogP contribution is -2.12. The fraction of sp³-hybridized carbons (Fsp3) is 0.438.